The fraction of sp³-hybridized carbons (Fsp3) is 0.444. The summed E-state index contributed by atoms with van der Waals surface area (Å²) >= 11 is 5.77. The molecule has 0 spiro atoms. The maximum Gasteiger partial charge on any atom is 0.171 e. The highest BCUT2D eigenvalue weighted by Crippen LogP contribution is 2.21. The van der Waals surface area contributed by atoms with Crippen LogP contribution in [0.2, 0.25) is 5.15 Å². The van der Waals surface area contributed by atoms with Crippen LogP contribution in [0.3, 0.4) is 0 Å². The molecule has 3 nitrogen and oxygen atoms in total. The maximum absolute atomic E-state index is 8.66. The summed E-state index contributed by atoms with van der Waals surface area (Å²) in [6.45, 7) is 1.98. The Morgan fingerprint density at radius 3 is 3.08 bits per heavy atom. The van der Waals surface area contributed by atoms with Gasteiger partial charge < -0.3 is 9.84 Å². The number of nitrogens with zero attached hydrogens (tertiary/aromatic N) is 1. The van der Waals surface area contributed by atoms with Gasteiger partial charge in [-0.15, -0.1) is 0 Å². The van der Waals surface area contributed by atoms with Crippen molar-refractivity contribution in [3.8, 4) is 5.75 Å². The Balaban J connectivity index is 2.58. The second kappa shape index (κ2) is 5.04. The van der Waals surface area contributed by atoms with Gasteiger partial charge in [0, 0.05) is 19.2 Å². The molecule has 1 aromatic rings. The third-order valence-electron chi connectivity index (χ3n) is 1.59. The molecule has 0 unspecified atom stereocenters. The number of hydrogen-bond acceptors (Lipinski definition) is 3. The lowest BCUT2D eigenvalue weighted by atomic mass is 10.3. The minimum absolute atomic E-state index is 0.0494. The van der Waals surface area contributed by atoms with Crippen LogP contribution < -0.4 is 4.74 Å². The number of rotatable bonds is 4. The number of hydrogen-bond donors (Lipinski definition) is 1. The first kappa shape index (κ1) is 10.3. The van der Waals surface area contributed by atoms with Crippen molar-refractivity contribution in [2.75, 3.05) is 6.61 Å². The van der Waals surface area contributed by atoms with Crippen molar-refractivity contribution in [3.63, 3.8) is 0 Å². The summed E-state index contributed by atoms with van der Waals surface area (Å²) in [5.74, 6) is 0.560. The molecule has 0 aromatic carbocycles. The van der Waals surface area contributed by atoms with Crippen molar-refractivity contribution in [1.82, 2.24) is 4.98 Å². The molecule has 13 heavy (non-hydrogen) atoms. The van der Waals surface area contributed by atoms with Crippen LogP contribution in [0.25, 0.3) is 0 Å². The highest BCUT2D eigenvalue weighted by atomic mass is 35.5. The van der Waals surface area contributed by atoms with Gasteiger partial charge in [-0.05, 0) is 19.1 Å². The van der Waals surface area contributed by atoms with E-state index in [9.17, 15) is 0 Å². The Morgan fingerprint density at radius 2 is 2.46 bits per heavy atom. The van der Waals surface area contributed by atoms with Gasteiger partial charge >= 0.3 is 0 Å². The van der Waals surface area contributed by atoms with Crippen LogP contribution >= 0.6 is 11.6 Å². The van der Waals surface area contributed by atoms with Crippen molar-refractivity contribution in [1.29, 1.82) is 0 Å². The summed E-state index contributed by atoms with van der Waals surface area (Å²) < 4.78 is 5.43. The average Bonchev–Trinajstić information content (AvgIpc) is 2.09. The number of halogens is 1. The van der Waals surface area contributed by atoms with E-state index >= 15 is 0 Å². The zero-order chi connectivity index (χ0) is 9.68. The van der Waals surface area contributed by atoms with Crippen molar-refractivity contribution in [3.05, 3.63) is 23.5 Å². The van der Waals surface area contributed by atoms with Gasteiger partial charge in [-0.25, -0.2) is 4.98 Å². The van der Waals surface area contributed by atoms with Crippen LogP contribution in [0.4, 0.5) is 0 Å². The van der Waals surface area contributed by atoms with Crippen LogP contribution in [-0.2, 0) is 0 Å². The van der Waals surface area contributed by atoms with E-state index in [1.54, 1.807) is 18.3 Å². The molecule has 1 rings (SSSR count). The Kier molecular flexibility index (Phi) is 3.99. The zero-order valence-corrected chi connectivity index (χ0v) is 8.16. The van der Waals surface area contributed by atoms with Gasteiger partial charge in [-0.1, -0.05) is 11.6 Å². The SMILES string of the molecule is C[C@H](CCO)Oc1cccnc1Cl. The molecule has 0 aliphatic rings. The Bertz CT molecular complexity index is 268. The second-order valence-corrected chi connectivity index (χ2v) is 3.09. The first-order chi connectivity index (χ1) is 6.24. The molecule has 0 saturated heterocycles. The average molecular weight is 202 g/mol. The van der Waals surface area contributed by atoms with Gasteiger partial charge in [0.15, 0.2) is 10.9 Å². The van der Waals surface area contributed by atoms with Crippen LogP contribution in [0.1, 0.15) is 13.3 Å². The summed E-state index contributed by atoms with van der Waals surface area (Å²) in [5, 5.41) is 9.01. The monoisotopic (exact) mass is 201 g/mol. The molecule has 0 bridgehead atoms. The highest BCUT2D eigenvalue weighted by Gasteiger charge is 2.06. The van der Waals surface area contributed by atoms with E-state index in [4.69, 9.17) is 21.4 Å². The third kappa shape index (κ3) is 3.20. The van der Waals surface area contributed by atoms with Crippen molar-refractivity contribution in [2.24, 2.45) is 0 Å². The normalized spacial score (nSPS) is 12.5. The molecule has 1 heterocycles. The lowest BCUT2D eigenvalue weighted by molar-refractivity contribution is 0.168. The molecule has 0 saturated carbocycles. The van der Waals surface area contributed by atoms with Crippen LogP contribution in [-0.4, -0.2) is 22.8 Å². The van der Waals surface area contributed by atoms with E-state index in [0.717, 1.165) is 0 Å². The molecule has 72 valence electrons. The lowest BCUT2D eigenvalue weighted by Crippen LogP contribution is -2.13. The number of aromatic nitrogens is 1. The smallest absolute Gasteiger partial charge is 0.171 e. The number of aliphatic hydroxyl groups excluding tert-OH is 1. The Hall–Kier alpha value is -0.800. The summed E-state index contributed by atoms with van der Waals surface area (Å²) in [6.07, 6.45) is 2.14. The van der Waals surface area contributed by atoms with Gasteiger partial charge in [0.25, 0.3) is 0 Å². The Morgan fingerprint density at radius 1 is 1.69 bits per heavy atom. The molecule has 0 aliphatic carbocycles. The van der Waals surface area contributed by atoms with E-state index in [0.29, 0.717) is 17.3 Å². The number of ether oxygens (including phenoxy) is 1. The minimum atomic E-state index is -0.0494. The van der Waals surface area contributed by atoms with Gasteiger partial charge in [-0.2, -0.15) is 0 Å². The molecule has 0 fully saturated rings. The van der Waals surface area contributed by atoms with Crippen LogP contribution in [0.15, 0.2) is 18.3 Å². The van der Waals surface area contributed by atoms with E-state index < -0.39 is 0 Å². The molecule has 0 radical (unpaired) electrons. The van der Waals surface area contributed by atoms with Gasteiger partial charge in [0.1, 0.15) is 0 Å². The Labute approximate surface area is 82.3 Å². The molecule has 0 aliphatic heterocycles. The van der Waals surface area contributed by atoms with Crippen molar-refractivity contribution in [2.45, 2.75) is 19.4 Å². The fourth-order valence-electron chi connectivity index (χ4n) is 0.917. The molecule has 1 N–H and O–H groups in total. The van der Waals surface area contributed by atoms with E-state index in [1.165, 1.54) is 0 Å². The standard InChI is InChI=1S/C9H12ClNO2/c1-7(4-6-12)13-8-3-2-5-11-9(8)10/h2-3,5,7,12H,4,6H2,1H3/t7-/m1/s1. The lowest BCUT2D eigenvalue weighted by Gasteiger charge is -2.13. The van der Waals surface area contributed by atoms with Crippen molar-refractivity contribution >= 4 is 11.6 Å². The molecule has 4 heteroatoms. The first-order valence-corrected chi connectivity index (χ1v) is 4.50. The topological polar surface area (TPSA) is 42.4 Å². The van der Waals surface area contributed by atoms with Gasteiger partial charge in [0.2, 0.25) is 0 Å². The number of aliphatic hydroxyl groups is 1. The first-order valence-electron chi connectivity index (χ1n) is 4.12. The highest BCUT2D eigenvalue weighted by molar-refractivity contribution is 6.30. The van der Waals surface area contributed by atoms with Gasteiger partial charge in [-0.3, -0.25) is 0 Å². The minimum Gasteiger partial charge on any atom is -0.487 e. The number of pyridine rings is 1. The van der Waals surface area contributed by atoms with E-state index in [1.807, 2.05) is 6.92 Å². The van der Waals surface area contributed by atoms with Crippen LogP contribution in [0, 0.1) is 0 Å². The predicted octanol–water partition coefficient (Wildman–Crippen LogP) is 1.88. The van der Waals surface area contributed by atoms with Crippen LogP contribution in [0.5, 0.6) is 5.75 Å². The summed E-state index contributed by atoms with van der Waals surface area (Å²) in [4.78, 5) is 3.87. The van der Waals surface area contributed by atoms with Gasteiger partial charge in [0.05, 0.1) is 6.10 Å². The van der Waals surface area contributed by atoms with E-state index in [-0.39, 0.29) is 12.7 Å². The quantitative estimate of drug-likeness (QED) is 0.757. The predicted molar refractivity (Wildman–Crippen MR) is 51.0 cm³/mol. The third-order valence-corrected chi connectivity index (χ3v) is 1.87. The summed E-state index contributed by atoms with van der Waals surface area (Å²) in [5.41, 5.74) is 0. The molecular weight excluding hydrogens is 190 g/mol. The molecular formula is C9H12ClNO2. The molecule has 0 amide bonds. The molecule has 1 aromatic heterocycles. The zero-order valence-electron chi connectivity index (χ0n) is 7.40. The van der Waals surface area contributed by atoms with Crippen molar-refractivity contribution < 1.29 is 9.84 Å². The summed E-state index contributed by atoms with van der Waals surface area (Å²) in [7, 11) is 0. The van der Waals surface area contributed by atoms with E-state index in [2.05, 4.69) is 4.98 Å². The largest absolute Gasteiger partial charge is 0.487 e. The fourth-order valence-corrected chi connectivity index (χ4v) is 1.08. The second-order valence-electron chi connectivity index (χ2n) is 2.73. The summed E-state index contributed by atoms with van der Waals surface area (Å²) in [6, 6.07) is 3.51. The maximum atomic E-state index is 8.66. The molecule has 1 atom stereocenters.